The number of carbonyl (C=O) groups excluding carboxylic acids is 1. The van der Waals surface area contributed by atoms with Gasteiger partial charge in [0.05, 0.1) is 11.1 Å². The van der Waals surface area contributed by atoms with Gasteiger partial charge in [0.15, 0.2) is 0 Å². The van der Waals surface area contributed by atoms with Gasteiger partial charge in [0, 0.05) is 20.1 Å². The molecular weight excluding hydrogens is 246 g/mol. The molecule has 0 bridgehead atoms. The molecule has 0 aromatic carbocycles. The van der Waals surface area contributed by atoms with Crippen LogP contribution >= 0.6 is 0 Å². The van der Waals surface area contributed by atoms with Crippen molar-refractivity contribution >= 4 is 11.9 Å². The Labute approximate surface area is 112 Å². The lowest BCUT2D eigenvalue weighted by atomic mass is 9.92. The van der Waals surface area contributed by atoms with Crippen LogP contribution in [0.3, 0.4) is 0 Å². The van der Waals surface area contributed by atoms with Crippen molar-refractivity contribution in [1.82, 2.24) is 15.6 Å². The molecule has 1 heterocycles. The van der Waals surface area contributed by atoms with Gasteiger partial charge in [-0.05, 0) is 26.0 Å². The summed E-state index contributed by atoms with van der Waals surface area (Å²) in [5.74, 6) is -1.10. The standard InChI is InChI=1S/C13H19N3O3/c1-13(2,12(19)14-3)8-15-7-9-5-4-6-10(16-9)11(17)18/h4-6,15H,7-8H2,1-3H3,(H,14,19)(H,17,18). The molecule has 0 spiro atoms. The number of carbonyl (C=O) groups is 2. The molecule has 1 rings (SSSR count). The van der Waals surface area contributed by atoms with E-state index in [0.717, 1.165) is 0 Å². The van der Waals surface area contributed by atoms with E-state index in [9.17, 15) is 9.59 Å². The van der Waals surface area contributed by atoms with Crippen LogP contribution in [-0.2, 0) is 11.3 Å². The molecule has 1 aromatic rings. The highest BCUT2D eigenvalue weighted by Crippen LogP contribution is 2.13. The molecule has 0 saturated carbocycles. The topological polar surface area (TPSA) is 91.3 Å². The molecule has 0 fully saturated rings. The number of nitrogens with one attached hydrogen (secondary N) is 2. The third-order valence-electron chi connectivity index (χ3n) is 2.74. The molecule has 0 saturated heterocycles. The predicted octanol–water partition coefficient (Wildman–Crippen LogP) is 0.642. The second kappa shape index (κ2) is 6.29. The largest absolute Gasteiger partial charge is 0.477 e. The first kappa shape index (κ1) is 15.1. The fourth-order valence-corrected chi connectivity index (χ4v) is 1.62. The summed E-state index contributed by atoms with van der Waals surface area (Å²) in [4.78, 5) is 26.3. The number of nitrogens with zero attached hydrogens (tertiary/aromatic N) is 1. The number of aromatic carboxylic acids is 1. The second-order valence-electron chi connectivity index (χ2n) is 4.89. The van der Waals surface area contributed by atoms with Gasteiger partial charge >= 0.3 is 5.97 Å². The quantitative estimate of drug-likeness (QED) is 0.702. The molecule has 1 amide bonds. The van der Waals surface area contributed by atoms with Crippen molar-refractivity contribution in [1.29, 1.82) is 0 Å². The highest BCUT2D eigenvalue weighted by Gasteiger charge is 2.25. The number of carboxylic acid groups (broad SMARTS) is 1. The van der Waals surface area contributed by atoms with Gasteiger partial charge in [-0.15, -0.1) is 0 Å². The van der Waals surface area contributed by atoms with Gasteiger partial charge in [-0.2, -0.15) is 0 Å². The zero-order valence-corrected chi connectivity index (χ0v) is 11.4. The van der Waals surface area contributed by atoms with E-state index in [1.807, 2.05) is 13.8 Å². The number of hydrogen-bond donors (Lipinski definition) is 3. The minimum Gasteiger partial charge on any atom is -0.477 e. The molecule has 3 N–H and O–H groups in total. The molecular formula is C13H19N3O3. The van der Waals surface area contributed by atoms with Gasteiger partial charge in [0.25, 0.3) is 0 Å². The fourth-order valence-electron chi connectivity index (χ4n) is 1.62. The number of carboxylic acids is 1. The van der Waals surface area contributed by atoms with Crippen molar-refractivity contribution in [3.63, 3.8) is 0 Å². The number of hydrogen-bond acceptors (Lipinski definition) is 4. The highest BCUT2D eigenvalue weighted by molar-refractivity contribution is 5.85. The van der Waals surface area contributed by atoms with E-state index in [4.69, 9.17) is 5.11 Å². The molecule has 19 heavy (non-hydrogen) atoms. The summed E-state index contributed by atoms with van der Waals surface area (Å²) in [6, 6.07) is 4.84. The van der Waals surface area contributed by atoms with Crippen LogP contribution in [0.2, 0.25) is 0 Å². The number of pyridine rings is 1. The van der Waals surface area contributed by atoms with Crippen LogP contribution in [0.15, 0.2) is 18.2 Å². The minimum atomic E-state index is -1.05. The third kappa shape index (κ3) is 4.33. The Morgan fingerprint density at radius 2 is 2.05 bits per heavy atom. The van der Waals surface area contributed by atoms with E-state index in [2.05, 4.69) is 15.6 Å². The highest BCUT2D eigenvalue weighted by atomic mass is 16.4. The molecule has 0 atom stereocenters. The van der Waals surface area contributed by atoms with Gasteiger partial charge < -0.3 is 15.7 Å². The van der Waals surface area contributed by atoms with E-state index < -0.39 is 11.4 Å². The van der Waals surface area contributed by atoms with Crippen LogP contribution < -0.4 is 10.6 Å². The summed E-state index contributed by atoms with van der Waals surface area (Å²) < 4.78 is 0. The lowest BCUT2D eigenvalue weighted by Crippen LogP contribution is -2.41. The zero-order chi connectivity index (χ0) is 14.5. The molecule has 1 aromatic heterocycles. The number of rotatable bonds is 6. The minimum absolute atomic E-state index is 0.0184. The first-order chi connectivity index (χ1) is 8.86. The molecule has 0 aliphatic heterocycles. The average molecular weight is 265 g/mol. The maximum atomic E-state index is 11.6. The van der Waals surface area contributed by atoms with Crippen LogP contribution in [0, 0.1) is 5.41 Å². The first-order valence-corrected chi connectivity index (χ1v) is 5.99. The van der Waals surface area contributed by atoms with Crippen LogP contribution in [0.5, 0.6) is 0 Å². The van der Waals surface area contributed by atoms with Gasteiger partial charge in [-0.3, -0.25) is 4.79 Å². The summed E-state index contributed by atoms with van der Waals surface area (Å²) in [5, 5.41) is 14.5. The fraction of sp³-hybridized carbons (Fsp3) is 0.462. The molecule has 0 unspecified atom stereocenters. The average Bonchev–Trinajstić information content (AvgIpc) is 2.37. The Bertz CT molecular complexity index is 472. The normalized spacial score (nSPS) is 11.1. The summed E-state index contributed by atoms with van der Waals surface area (Å²) in [6.45, 7) is 4.56. The zero-order valence-electron chi connectivity index (χ0n) is 11.4. The van der Waals surface area contributed by atoms with Crippen molar-refractivity contribution in [2.24, 2.45) is 5.41 Å². The monoisotopic (exact) mass is 265 g/mol. The first-order valence-electron chi connectivity index (χ1n) is 5.99. The second-order valence-corrected chi connectivity index (χ2v) is 4.89. The molecule has 0 aliphatic rings. The smallest absolute Gasteiger partial charge is 0.354 e. The van der Waals surface area contributed by atoms with Gasteiger partial charge in [0.1, 0.15) is 5.69 Å². The van der Waals surface area contributed by atoms with Crippen molar-refractivity contribution in [3.05, 3.63) is 29.6 Å². The van der Waals surface area contributed by atoms with Gasteiger partial charge in [-0.25, -0.2) is 9.78 Å². The maximum Gasteiger partial charge on any atom is 0.354 e. The SMILES string of the molecule is CNC(=O)C(C)(C)CNCc1cccc(C(=O)O)n1. The molecule has 0 radical (unpaired) electrons. The predicted molar refractivity (Wildman–Crippen MR) is 70.8 cm³/mol. The Hall–Kier alpha value is -1.95. The van der Waals surface area contributed by atoms with Crippen LogP contribution in [0.4, 0.5) is 0 Å². The van der Waals surface area contributed by atoms with Crippen LogP contribution in [-0.4, -0.2) is 35.6 Å². The summed E-state index contributed by atoms with van der Waals surface area (Å²) in [6.07, 6.45) is 0. The summed E-state index contributed by atoms with van der Waals surface area (Å²) >= 11 is 0. The third-order valence-corrected chi connectivity index (χ3v) is 2.74. The summed E-state index contributed by atoms with van der Waals surface area (Å²) in [7, 11) is 1.60. The Morgan fingerprint density at radius 1 is 1.37 bits per heavy atom. The van der Waals surface area contributed by atoms with Crippen molar-refractivity contribution in [2.75, 3.05) is 13.6 Å². The lowest BCUT2D eigenvalue weighted by Gasteiger charge is -2.22. The van der Waals surface area contributed by atoms with Gasteiger partial charge in [0.2, 0.25) is 5.91 Å². The van der Waals surface area contributed by atoms with E-state index in [0.29, 0.717) is 18.8 Å². The summed E-state index contributed by atoms with van der Waals surface area (Å²) in [5.41, 5.74) is 0.122. The Morgan fingerprint density at radius 3 is 2.63 bits per heavy atom. The van der Waals surface area contributed by atoms with Crippen molar-refractivity contribution in [3.8, 4) is 0 Å². The van der Waals surface area contributed by atoms with Crippen molar-refractivity contribution < 1.29 is 14.7 Å². The maximum absolute atomic E-state index is 11.6. The number of amides is 1. The van der Waals surface area contributed by atoms with E-state index in [-0.39, 0.29) is 11.6 Å². The van der Waals surface area contributed by atoms with Crippen LogP contribution in [0.1, 0.15) is 30.0 Å². The Balaban J connectivity index is 2.56. The molecule has 0 aliphatic carbocycles. The molecule has 104 valence electrons. The van der Waals surface area contributed by atoms with Crippen molar-refractivity contribution in [2.45, 2.75) is 20.4 Å². The van der Waals surface area contributed by atoms with E-state index in [1.54, 1.807) is 19.2 Å². The Kier molecular flexibility index (Phi) is 5.00. The molecule has 6 heteroatoms. The number of aromatic nitrogens is 1. The van der Waals surface area contributed by atoms with Crippen LogP contribution in [0.25, 0.3) is 0 Å². The van der Waals surface area contributed by atoms with E-state index in [1.165, 1.54) is 6.07 Å². The van der Waals surface area contributed by atoms with Gasteiger partial charge in [-0.1, -0.05) is 6.07 Å². The lowest BCUT2D eigenvalue weighted by molar-refractivity contribution is -0.128. The molecule has 6 nitrogen and oxygen atoms in total. The van der Waals surface area contributed by atoms with E-state index >= 15 is 0 Å².